The fraction of sp³-hybridized carbons (Fsp3) is 0.125. The number of hydrogen-bond donors (Lipinski definition) is 0. The Labute approximate surface area is 137 Å². The molecule has 112 valence electrons. The van der Waals surface area contributed by atoms with E-state index in [2.05, 4.69) is 0 Å². The van der Waals surface area contributed by atoms with Gasteiger partial charge in [0.25, 0.3) is 0 Å². The average Bonchev–Trinajstić information content (AvgIpc) is 2.55. The SMILES string of the molecule is COc1cc(C#N)ccc1OC(=O)c1cc(SC)ccc1Cl. The number of methoxy groups -OCH3 is 1. The number of thioether (sulfide) groups is 1. The summed E-state index contributed by atoms with van der Waals surface area (Å²) >= 11 is 7.55. The molecule has 22 heavy (non-hydrogen) atoms. The summed E-state index contributed by atoms with van der Waals surface area (Å²) in [6.07, 6.45) is 1.90. The largest absolute Gasteiger partial charge is 0.493 e. The van der Waals surface area contributed by atoms with Crippen LogP contribution in [0.15, 0.2) is 41.3 Å². The van der Waals surface area contributed by atoms with Crippen molar-refractivity contribution in [2.24, 2.45) is 0 Å². The van der Waals surface area contributed by atoms with E-state index in [9.17, 15) is 4.79 Å². The minimum absolute atomic E-state index is 0.233. The van der Waals surface area contributed by atoms with Gasteiger partial charge in [0.1, 0.15) is 0 Å². The van der Waals surface area contributed by atoms with Crippen molar-refractivity contribution in [2.75, 3.05) is 13.4 Å². The summed E-state index contributed by atoms with van der Waals surface area (Å²) in [5, 5.41) is 9.18. The zero-order chi connectivity index (χ0) is 16.1. The number of rotatable bonds is 4. The number of carbonyl (C=O) groups excluding carboxylic acids is 1. The van der Waals surface area contributed by atoms with Crippen LogP contribution in [0.1, 0.15) is 15.9 Å². The van der Waals surface area contributed by atoms with Gasteiger partial charge in [0.15, 0.2) is 11.5 Å². The highest BCUT2D eigenvalue weighted by Gasteiger charge is 2.16. The van der Waals surface area contributed by atoms with Crippen LogP contribution in [0.3, 0.4) is 0 Å². The van der Waals surface area contributed by atoms with Crippen LogP contribution in [0.4, 0.5) is 0 Å². The van der Waals surface area contributed by atoms with E-state index >= 15 is 0 Å². The zero-order valence-corrected chi connectivity index (χ0v) is 13.5. The predicted octanol–water partition coefficient (Wildman–Crippen LogP) is 4.16. The first-order valence-corrected chi connectivity index (χ1v) is 7.83. The van der Waals surface area contributed by atoms with Gasteiger partial charge >= 0.3 is 5.97 Å². The third-order valence-corrected chi connectivity index (χ3v) is 3.94. The Bertz CT molecular complexity index is 756. The van der Waals surface area contributed by atoms with Crippen molar-refractivity contribution < 1.29 is 14.3 Å². The molecule has 0 atom stereocenters. The molecule has 0 radical (unpaired) electrons. The molecule has 0 aliphatic heterocycles. The Hall–Kier alpha value is -2.16. The van der Waals surface area contributed by atoms with Gasteiger partial charge < -0.3 is 9.47 Å². The maximum atomic E-state index is 12.3. The lowest BCUT2D eigenvalue weighted by Crippen LogP contribution is -2.10. The molecule has 0 N–H and O–H groups in total. The maximum Gasteiger partial charge on any atom is 0.345 e. The van der Waals surface area contributed by atoms with Crippen LogP contribution in [0.25, 0.3) is 0 Å². The van der Waals surface area contributed by atoms with Gasteiger partial charge in [-0.25, -0.2) is 4.79 Å². The molecule has 0 aliphatic carbocycles. The van der Waals surface area contributed by atoms with Crippen molar-refractivity contribution in [3.05, 3.63) is 52.5 Å². The number of halogens is 1. The minimum atomic E-state index is -0.580. The van der Waals surface area contributed by atoms with Gasteiger partial charge in [0.2, 0.25) is 0 Å². The first kappa shape index (κ1) is 16.2. The van der Waals surface area contributed by atoms with Crippen LogP contribution in [-0.4, -0.2) is 19.3 Å². The lowest BCUT2D eigenvalue weighted by Gasteiger charge is -2.10. The van der Waals surface area contributed by atoms with Crippen LogP contribution in [0, 0.1) is 11.3 Å². The number of ether oxygens (including phenoxy) is 2. The van der Waals surface area contributed by atoms with Crippen molar-refractivity contribution >= 4 is 29.3 Å². The smallest absolute Gasteiger partial charge is 0.345 e. The second-order valence-corrected chi connectivity index (χ2v) is 5.50. The highest BCUT2D eigenvalue weighted by Crippen LogP contribution is 2.30. The molecule has 0 bridgehead atoms. The second-order valence-electron chi connectivity index (χ2n) is 4.21. The number of benzene rings is 2. The first-order chi connectivity index (χ1) is 10.6. The molecular formula is C16H12ClNO3S. The Morgan fingerprint density at radius 2 is 2.00 bits per heavy atom. The number of nitriles is 1. The molecule has 0 amide bonds. The third kappa shape index (κ3) is 3.53. The third-order valence-electron chi connectivity index (χ3n) is 2.89. The highest BCUT2D eigenvalue weighted by molar-refractivity contribution is 7.98. The number of esters is 1. The summed E-state index contributed by atoms with van der Waals surface area (Å²) < 4.78 is 10.5. The molecule has 4 nitrogen and oxygen atoms in total. The van der Waals surface area contributed by atoms with E-state index in [1.165, 1.54) is 31.0 Å². The van der Waals surface area contributed by atoms with E-state index < -0.39 is 5.97 Å². The van der Waals surface area contributed by atoms with Crippen molar-refractivity contribution in [3.8, 4) is 17.6 Å². The molecule has 2 aromatic carbocycles. The number of carbonyl (C=O) groups is 1. The van der Waals surface area contributed by atoms with Crippen LogP contribution in [0.5, 0.6) is 11.5 Å². The van der Waals surface area contributed by atoms with Crippen molar-refractivity contribution in [2.45, 2.75) is 4.90 Å². The predicted molar refractivity (Wildman–Crippen MR) is 85.9 cm³/mol. The van der Waals surface area contributed by atoms with Gasteiger partial charge in [-0.1, -0.05) is 11.6 Å². The molecule has 0 aromatic heterocycles. The van der Waals surface area contributed by atoms with Gasteiger partial charge in [-0.15, -0.1) is 11.8 Å². The lowest BCUT2D eigenvalue weighted by molar-refractivity contribution is 0.0729. The first-order valence-electron chi connectivity index (χ1n) is 6.23. The Balaban J connectivity index is 2.31. The van der Waals surface area contributed by atoms with Crippen LogP contribution in [0.2, 0.25) is 5.02 Å². The topological polar surface area (TPSA) is 59.3 Å². The number of hydrogen-bond acceptors (Lipinski definition) is 5. The maximum absolute atomic E-state index is 12.3. The summed E-state index contributed by atoms with van der Waals surface area (Å²) in [6.45, 7) is 0. The molecule has 0 saturated heterocycles. The lowest BCUT2D eigenvalue weighted by atomic mass is 10.2. The van der Waals surface area contributed by atoms with Crippen LogP contribution in [-0.2, 0) is 0 Å². The molecule has 0 aliphatic rings. The average molecular weight is 334 g/mol. The fourth-order valence-electron chi connectivity index (χ4n) is 1.76. The van der Waals surface area contributed by atoms with Gasteiger partial charge in [-0.3, -0.25) is 0 Å². The van der Waals surface area contributed by atoms with Gasteiger partial charge in [0.05, 0.1) is 29.3 Å². The second kappa shape index (κ2) is 7.21. The van der Waals surface area contributed by atoms with E-state index in [1.54, 1.807) is 18.2 Å². The van der Waals surface area contributed by atoms with Crippen LogP contribution < -0.4 is 9.47 Å². The molecule has 0 heterocycles. The van der Waals surface area contributed by atoms with Crippen molar-refractivity contribution in [1.29, 1.82) is 5.26 Å². The van der Waals surface area contributed by atoms with E-state index in [4.69, 9.17) is 26.3 Å². The molecule has 0 unspecified atom stereocenters. The van der Waals surface area contributed by atoms with Crippen LogP contribution >= 0.6 is 23.4 Å². The highest BCUT2D eigenvalue weighted by atomic mass is 35.5. The Morgan fingerprint density at radius 1 is 1.23 bits per heavy atom. The van der Waals surface area contributed by atoms with Gasteiger partial charge in [-0.05, 0) is 36.6 Å². The van der Waals surface area contributed by atoms with Gasteiger partial charge in [0, 0.05) is 11.0 Å². The molecule has 0 saturated carbocycles. The minimum Gasteiger partial charge on any atom is -0.493 e. The molecule has 2 rings (SSSR count). The van der Waals surface area contributed by atoms with E-state index in [-0.39, 0.29) is 11.3 Å². The molecule has 6 heteroatoms. The van der Waals surface area contributed by atoms with E-state index in [0.717, 1.165) is 4.90 Å². The van der Waals surface area contributed by atoms with Crippen molar-refractivity contribution in [1.82, 2.24) is 0 Å². The standard InChI is InChI=1S/C16H12ClNO3S/c1-20-15-7-10(9-18)3-6-14(15)21-16(19)12-8-11(22-2)4-5-13(12)17/h3-8H,1-2H3. The van der Waals surface area contributed by atoms with E-state index in [0.29, 0.717) is 16.3 Å². The van der Waals surface area contributed by atoms with E-state index in [1.807, 2.05) is 18.4 Å². The molecule has 0 spiro atoms. The summed E-state index contributed by atoms with van der Waals surface area (Å²) in [5.74, 6) is -0.0365. The molecular weight excluding hydrogens is 322 g/mol. The zero-order valence-electron chi connectivity index (χ0n) is 11.9. The fourth-order valence-corrected chi connectivity index (χ4v) is 2.40. The summed E-state index contributed by atoms with van der Waals surface area (Å²) in [7, 11) is 1.44. The normalized spacial score (nSPS) is 9.91. The van der Waals surface area contributed by atoms with Gasteiger partial charge in [-0.2, -0.15) is 5.26 Å². The molecule has 2 aromatic rings. The molecule has 0 fully saturated rings. The Kier molecular flexibility index (Phi) is 5.31. The summed E-state index contributed by atoms with van der Waals surface area (Å²) in [5.41, 5.74) is 0.694. The summed E-state index contributed by atoms with van der Waals surface area (Å²) in [6, 6.07) is 11.7. The monoisotopic (exact) mass is 333 g/mol. The van der Waals surface area contributed by atoms with Crippen molar-refractivity contribution in [3.63, 3.8) is 0 Å². The number of nitrogens with zero attached hydrogens (tertiary/aromatic N) is 1. The summed E-state index contributed by atoms with van der Waals surface area (Å²) in [4.78, 5) is 13.2. The quantitative estimate of drug-likeness (QED) is 0.477. The Morgan fingerprint density at radius 3 is 2.64 bits per heavy atom.